The summed E-state index contributed by atoms with van der Waals surface area (Å²) in [5, 5.41) is 5.66. The predicted molar refractivity (Wildman–Crippen MR) is 124 cm³/mol. The van der Waals surface area contributed by atoms with Crippen molar-refractivity contribution in [3.05, 3.63) is 83.1 Å². The van der Waals surface area contributed by atoms with Gasteiger partial charge in [-0.05, 0) is 50.1 Å². The maximum atomic E-state index is 12.8. The van der Waals surface area contributed by atoms with E-state index in [1.54, 1.807) is 58.2 Å². The Morgan fingerprint density at radius 1 is 1.12 bits per heavy atom. The van der Waals surface area contributed by atoms with E-state index < -0.39 is 12.0 Å². The molecule has 0 unspecified atom stereocenters. The van der Waals surface area contributed by atoms with Crippen molar-refractivity contribution in [2.45, 2.75) is 32.9 Å². The summed E-state index contributed by atoms with van der Waals surface area (Å²) in [5.74, 6) is -0.779. The fraction of sp³-hybridized carbons (Fsp3) is 0.240. The molecule has 0 bridgehead atoms. The van der Waals surface area contributed by atoms with Gasteiger partial charge in [-0.15, -0.1) is 0 Å². The highest BCUT2D eigenvalue weighted by Crippen LogP contribution is 2.32. The molecule has 7 heteroatoms. The number of ether oxygens (including phenoxy) is 1. The fourth-order valence-electron chi connectivity index (χ4n) is 3.34. The molecule has 3 amide bonds. The van der Waals surface area contributed by atoms with E-state index in [1.807, 2.05) is 30.3 Å². The molecule has 166 valence electrons. The van der Waals surface area contributed by atoms with Gasteiger partial charge in [0.15, 0.2) is 0 Å². The van der Waals surface area contributed by atoms with Crippen LogP contribution in [0.2, 0.25) is 0 Å². The van der Waals surface area contributed by atoms with Gasteiger partial charge < -0.3 is 20.3 Å². The van der Waals surface area contributed by atoms with Gasteiger partial charge in [0.2, 0.25) is 5.91 Å². The molecule has 0 aliphatic carbocycles. The van der Waals surface area contributed by atoms with Crippen LogP contribution in [-0.4, -0.2) is 36.0 Å². The summed E-state index contributed by atoms with van der Waals surface area (Å²) in [6.07, 6.45) is 2.88. The normalized spacial score (nSPS) is 16.3. The molecule has 0 radical (unpaired) electrons. The van der Waals surface area contributed by atoms with Crippen LogP contribution in [0.5, 0.6) is 0 Å². The molecule has 0 spiro atoms. The molecule has 2 N–H and O–H groups in total. The minimum atomic E-state index is -0.693. The summed E-state index contributed by atoms with van der Waals surface area (Å²) in [4.78, 5) is 39.0. The van der Waals surface area contributed by atoms with Crippen molar-refractivity contribution in [2.75, 3.05) is 12.4 Å². The third-order valence-corrected chi connectivity index (χ3v) is 5.03. The van der Waals surface area contributed by atoms with Crippen LogP contribution in [0.15, 0.2) is 71.9 Å². The number of hydrogen-bond acceptors (Lipinski definition) is 4. The molecule has 2 aromatic carbocycles. The van der Waals surface area contributed by atoms with E-state index in [2.05, 4.69) is 10.6 Å². The number of benzene rings is 2. The Balaban J connectivity index is 1.84. The first-order chi connectivity index (χ1) is 15.3. The van der Waals surface area contributed by atoms with E-state index in [1.165, 1.54) is 11.0 Å². The SMILES string of the molecule is CC1=C(C(=O)OC(C)C)[C@@H](c2cccc(NC(=O)/C=C/c3ccccc3)c2)NC(=O)N1C. The number of esters is 1. The zero-order chi connectivity index (χ0) is 23.3. The Hall–Kier alpha value is -3.87. The molecule has 32 heavy (non-hydrogen) atoms. The summed E-state index contributed by atoms with van der Waals surface area (Å²) in [7, 11) is 1.60. The van der Waals surface area contributed by atoms with Crippen LogP contribution in [0.4, 0.5) is 10.5 Å². The number of allylic oxidation sites excluding steroid dienone is 1. The number of carbonyl (C=O) groups is 3. The van der Waals surface area contributed by atoms with Crippen molar-refractivity contribution in [1.82, 2.24) is 10.2 Å². The lowest BCUT2D eigenvalue weighted by Gasteiger charge is -2.33. The Labute approximate surface area is 187 Å². The van der Waals surface area contributed by atoms with Crippen LogP contribution in [0, 0.1) is 0 Å². The van der Waals surface area contributed by atoms with Crippen LogP contribution in [0.3, 0.4) is 0 Å². The maximum absolute atomic E-state index is 12.8. The predicted octanol–water partition coefficient (Wildman–Crippen LogP) is 4.26. The third-order valence-electron chi connectivity index (χ3n) is 5.03. The molecule has 0 aromatic heterocycles. The number of amides is 3. The van der Waals surface area contributed by atoms with Gasteiger partial charge in [0.25, 0.3) is 0 Å². The highest BCUT2D eigenvalue weighted by Gasteiger charge is 2.35. The highest BCUT2D eigenvalue weighted by atomic mass is 16.5. The zero-order valence-electron chi connectivity index (χ0n) is 18.6. The van der Waals surface area contributed by atoms with E-state index >= 15 is 0 Å². The molecule has 0 fully saturated rings. The van der Waals surface area contributed by atoms with Gasteiger partial charge in [-0.1, -0.05) is 42.5 Å². The Bertz CT molecular complexity index is 1070. The number of anilines is 1. The van der Waals surface area contributed by atoms with Crippen LogP contribution in [-0.2, 0) is 14.3 Å². The van der Waals surface area contributed by atoms with Crippen molar-refractivity contribution >= 4 is 29.7 Å². The topological polar surface area (TPSA) is 87.7 Å². The molecule has 1 atom stereocenters. The molecule has 1 aliphatic heterocycles. The number of carbonyl (C=O) groups excluding carboxylic acids is 3. The van der Waals surface area contributed by atoms with E-state index in [9.17, 15) is 14.4 Å². The first-order valence-corrected chi connectivity index (χ1v) is 10.4. The third kappa shape index (κ3) is 5.43. The summed E-state index contributed by atoms with van der Waals surface area (Å²) < 4.78 is 5.41. The second-order valence-electron chi connectivity index (χ2n) is 7.75. The standard InChI is InChI=1S/C25H27N3O4/c1-16(2)32-24(30)22-17(3)28(4)25(31)27-23(22)19-11-8-12-20(15-19)26-21(29)14-13-18-9-6-5-7-10-18/h5-16,23H,1-4H3,(H,26,29)(H,27,31)/b14-13+/t23-/m1/s1. The summed E-state index contributed by atoms with van der Waals surface area (Å²) in [6, 6.07) is 15.5. The lowest BCUT2D eigenvalue weighted by Crippen LogP contribution is -2.46. The van der Waals surface area contributed by atoms with E-state index in [-0.39, 0.29) is 18.0 Å². The van der Waals surface area contributed by atoms with E-state index in [0.29, 0.717) is 22.5 Å². The lowest BCUT2D eigenvalue weighted by molar-refractivity contribution is -0.143. The molecule has 0 saturated heterocycles. The average Bonchev–Trinajstić information content (AvgIpc) is 2.76. The maximum Gasteiger partial charge on any atom is 0.338 e. The second-order valence-corrected chi connectivity index (χ2v) is 7.75. The monoisotopic (exact) mass is 433 g/mol. The highest BCUT2D eigenvalue weighted by molar-refractivity contribution is 6.02. The van der Waals surface area contributed by atoms with Crippen LogP contribution < -0.4 is 10.6 Å². The Morgan fingerprint density at radius 2 is 1.84 bits per heavy atom. The van der Waals surface area contributed by atoms with Crippen molar-refractivity contribution in [3.63, 3.8) is 0 Å². The first-order valence-electron chi connectivity index (χ1n) is 10.4. The van der Waals surface area contributed by atoms with Gasteiger partial charge >= 0.3 is 12.0 Å². The van der Waals surface area contributed by atoms with Gasteiger partial charge in [0.1, 0.15) is 0 Å². The van der Waals surface area contributed by atoms with Crippen LogP contribution >= 0.6 is 0 Å². The second kappa shape index (κ2) is 9.96. The minimum absolute atomic E-state index is 0.287. The summed E-state index contributed by atoms with van der Waals surface area (Å²) in [5.41, 5.74) is 3.00. The van der Waals surface area contributed by atoms with Gasteiger partial charge in [-0.3, -0.25) is 4.79 Å². The lowest BCUT2D eigenvalue weighted by atomic mass is 9.94. The molecular formula is C25H27N3O4. The molecule has 1 heterocycles. The van der Waals surface area contributed by atoms with Gasteiger partial charge in [0.05, 0.1) is 17.7 Å². The summed E-state index contributed by atoms with van der Waals surface area (Å²) in [6.45, 7) is 5.25. The van der Waals surface area contributed by atoms with Crippen molar-refractivity contribution in [3.8, 4) is 0 Å². The smallest absolute Gasteiger partial charge is 0.338 e. The largest absolute Gasteiger partial charge is 0.459 e. The number of rotatable bonds is 6. The van der Waals surface area contributed by atoms with Gasteiger partial charge in [-0.2, -0.15) is 0 Å². The molecular weight excluding hydrogens is 406 g/mol. The minimum Gasteiger partial charge on any atom is -0.459 e. The Kier molecular flexibility index (Phi) is 7.10. The number of nitrogens with one attached hydrogen (secondary N) is 2. The number of hydrogen-bond donors (Lipinski definition) is 2. The van der Waals surface area contributed by atoms with E-state index in [4.69, 9.17) is 4.74 Å². The quantitative estimate of drug-likeness (QED) is 0.526. The van der Waals surface area contributed by atoms with Crippen LogP contribution in [0.25, 0.3) is 6.08 Å². The molecule has 0 saturated carbocycles. The average molecular weight is 434 g/mol. The molecule has 1 aliphatic rings. The fourth-order valence-corrected chi connectivity index (χ4v) is 3.34. The summed E-state index contributed by atoms with van der Waals surface area (Å²) >= 11 is 0. The van der Waals surface area contributed by atoms with Crippen molar-refractivity contribution < 1.29 is 19.1 Å². The molecule has 7 nitrogen and oxygen atoms in total. The first kappa shape index (κ1) is 22.8. The number of nitrogens with zero attached hydrogens (tertiary/aromatic N) is 1. The van der Waals surface area contributed by atoms with Crippen molar-refractivity contribution in [1.29, 1.82) is 0 Å². The van der Waals surface area contributed by atoms with Crippen LogP contribution in [0.1, 0.15) is 37.9 Å². The zero-order valence-corrected chi connectivity index (χ0v) is 18.6. The van der Waals surface area contributed by atoms with Gasteiger partial charge in [0, 0.05) is 24.5 Å². The van der Waals surface area contributed by atoms with Gasteiger partial charge in [-0.25, -0.2) is 9.59 Å². The Morgan fingerprint density at radius 3 is 2.53 bits per heavy atom. The van der Waals surface area contributed by atoms with Crippen molar-refractivity contribution in [2.24, 2.45) is 0 Å². The van der Waals surface area contributed by atoms with E-state index in [0.717, 1.165) is 5.56 Å². The molecule has 3 rings (SSSR count). The molecule has 2 aromatic rings. The number of urea groups is 1.